The number of nitrogens with zero attached hydrogens (tertiary/aromatic N) is 2. The van der Waals surface area contributed by atoms with Crippen molar-refractivity contribution in [3.05, 3.63) is 57.5 Å². The minimum absolute atomic E-state index is 0.927. The molecule has 2 nitrogen and oxygen atoms in total. The molecule has 1 fully saturated rings. The summed E-state index contributed by atoms with van der Waals surface area (Å²) in [6.45, 7) is 0.927. The summed E-state index contributed by atoms with van der Waals surface area (Å²) in [4.78, 5) is 4.78. The molecule has 1 aliphatic heterocycles. The van der Waals surface area contributed by atoms with Gasteiger partial charge in [0.2, 0.25) is 0 Å². The first-order valence-corrected chi connectivity index (χ1v) is 9.05. The molecular weight excluding hydrogens is 400 g/mol. The molecule has 0 atom stereocenters. The molecule has 0 radical (unpaired) electrons. The molecule has 1 saturated heterocycles. The highest BCUT2D eigenvalue weighted by molar-refractivity contribution is 9.10. The minimum Gasteiger partial charge on any atom is -0.344 e. The minimum atomic E-state index is 0.927. The van der Waals surface area contributed by atoms with Crippen molar-refractivity contribution in [1.82, 2.24) is 0 Å². The summed E-state index contributed by atoms with van der Waals surface area (Å²) in [5.41, 5.74) is 2.53. The molecule has 104 valence electrons. The molecule has 0 spiro atoms. The number of thioether (sulfide) groups is 1. The average molecular weight is 414 g/mol. The van der Waals surface area contributed by atoms with Crippen molar-refractivity contribution in [2.24, 2.45) is 0 Å². The lowest BCUT2D eigenvalue weighted by atomic mass is 10.3. The number of anilines is 2. The van der Waals surface area contributed by atoms with Crippen molar-refractivity contribution in [3.63, 3.8) is 0 Å². The Morgan fingerprint density at radius 1 is 0.700 bits per heavy atom. The van der Waals surface area contributed by atoms with Crippen LogP contribution < -0.4 is 9.80 Å². The van der Waals surface area contributed by atoms with Gasteiger partial charge in [0.15, 0.2) is 0 Å². The van der Waals surface area contributed by atoms with E-state index in [2.05, 4.69) is 90.2 Å². The molecule has 0 unspecified atom stereocenters. The monoisotopic (exact) mass is 412 g/mol. The van der Waals surface area contributed by atoms with Crippen LogP contribution in [0.5, 0.6) is 0 Å². The molecular formula is C15H14Br2N2S. The maximum Gasteiger partial charge on any atom is 0.0919 e. The van der Waals surface area contributed by atoms with Crippen molar-refractivity contribution in [1.29, 1.82) is 0 Å². The Kier molecular flexibility index (Phi) is 4.58. The van der Waals surface area contributed by atoms with E-state index in [0.29, 0.717) is 0 Å². The Morgan fingerprint density at radius 3 is 1.50 bits per heavy atom. The highest BCUT2D eigenvalue weighted by atomic mass is 79.9. The smallest absolute Gasteiger partial charge is 0.0919 e. The Bertz CT molecular complexity index is 520. The topological polar surface area (TPSA) is 6.48 Å². The van der Waals surface area contributed by atoms with Crippen LogP contribution in [0, 0.1) is 0 Å². The third-order valence-corrected chi connectivity index (χ3v) is 5.27. The second-order valence-corrected chi connectivity index (χ2v) is 7.39. The Hall–Kier alpha value is -0.650. The quantitative estimate of drug-likeness (QED) is 0.672. The van der Waals surface area contributed by atoms with Crippen LogP contribution in [-0.2, 0) is 0 Å². The number of hydrogen-bond donors (Lipinski definition) is 0. The summed E-state index contributed by atoms with van der Waals surface area (Å²) in [5.74, 6) is 2.07. The van der Waals surface area contributed by atoms with E-state index in [1.165, 1.54) is 11.4 Å². The second kappa shape index (κ2) is 6.41. The fraction of sp³-hybridized carbons (Fsp3) is 0.200. The standard InChI is InChI=1S/C15H14Br2N2S/c16-12-1-5-14(6-2-12)18-9-19(11-20-10-18)15-7-3-13(17)4-8-15/h1-8H,9-11H2. The van der Waals surface area contributed by atoms with Gasteiger partial charge in [-0.25, -0.2) is 0 Å². The first-order valence-electron chi connectivity index (χ1n) is 6.31. The fourth-order valence-electron chi connectivity index (χ4n) is 2.17. The van der Waals surface area contributed by atoms with Gasteiger partial charge in [0.05, 0.1) is 18.4 Å². The summed E-state index contributed by atoms with van der Waals surface area (Å²) in [7, 11) is 0. The second-order valence-electron chi connectivity index (χ2n) is 4.64. The van der Waals surface area contributed by atoms with E-state index in [4.69, 9.17) is 0 Å². The highest BCUT2D eigenvalue weighted by Crippen LogP contribution is 2.28. The predicted molar refractivity (Wildman–Crippen MR) is 95.4 cm³/mol. The fourth-order valence-corrected chi connectivity index (χ4v) is 3.68. The van der Waals surface area contributed by atoms with Crippen LogP contribution in [0.3, 0.4) is 0 Å². The molecule has 2 aromatic rings. The van der Waals surface area contributed by atoms with Gasteiger partial charge in [-0.2, -0.15) is 0 Å². The van der Waals surface area contributed by atoms with Gasteiger partial charge in [-0.3, -0.25) is 0 Å². The first-order chi connectivity index (χ1) is 9.72. The molecule has 0 aliphatic carbocycles. The molecule has 0 aromatic heterocycles. The van der Waals surface area contributed by atoms with Crippen molar-refractivity contribution in [3.8, 4) is 0 Å². The zero-order chi connectivity index (χ0) is 13.9. The predicted octanol–water partition coefficient (Wildman–Crippen LogP) is 5.14. The van der Waals surface area contributed by atoms with E-state index in [1.54, 1.807) is 0 Å². The average Bonchev–Trinajstić information content (AvgIpc) is 2.49. The SMILES string of the molecule is Brc1ccc(N2CSCN(c3ccc(Br)cc3)C2)cc1. The maximum absolute atomic E-state index is 3.49. The molecule has 0 N–H and O–H groups in total. The Labute approximate surface area is 140 Å². The van der Waals surface area contributed by atoms with Crippen molar-refractivity contribution in [2.45, 2.75) is 0 Å². The van der Waals surface area contributed by atoms with Gasteiger partial charge in [-0.15, -0.1) is 11.8 Å². The van der Waals surface area contributed by atoms with Gasteiger partial charge in [-0.1, -0.05) is 31.9 Å². The molecule has 0 saturated carbocycles. The van der Waals surface area contributed by atoms with Crippen molar-refractivity contribution >= 4 is 55.0 Å². The summed E-state index contributed by atoms with van der Waals surface area (Å²) in [6.07, 6.45) is 0. The van der Waals surface area contributed by atoms with E-state index in [1.807, 2.05) is 11.8 Å². The van der Waals surface area contributed by atoms with E-state index in [0.717, 1.165) is 27.4 Å². The molecule has 5 heteroatoms. The molecule has 20 heavy (non-hydrogen) atoms. The zero-order valence-corrected chi connectivity index (χ0v) is 14.8. The molecule has 1 aliphatic rings. The van der Waals surface area contributed by atoms with Crippen LogP contribution in [-0.4, -0.2) is 18.4 Å². The van der Waals surface area contributed by atoms with Gasteiger partial charge < -0.3 is 9.80 Å². The van der Waals surface area contributed by atoms with Crippen LogP contribution >= 0.6 is 43.6 Å². The highest BCUT2D eigenvalue weighted by Gasteiger charge is 2.18. The van der Waals surface area contributed by atoms with Gasteiger partial charge in [-0.05, 0) is 48.5 Å². The summed E-state index contributed by atoms with van der Waals surface area (Å²) in [6, 6.07) is 17.0. The van der Waals surface area contributed by atoms with E-state index in [-0.39, 0.29) is 0 Å². The molecule has 1 heterocycles. The number of benzene rings is 2. The van der Waals surface area contributed by atoms with Gasteiger partial charge in [0.1, 0.15) is 0 Å². The number of rotatable bonds is 2. The number of hydrogen-bond acceptors (Lipinski definition) is 3. The van der Waals surface area contributed by atoms with Crippen LogP contribution in [0.25, 0.3) is 0 Å². The number of halogens is 2. The summed E-state index contributed by atoms with van der Waals surface area (Å²) < 4.78 is 2.24. The van der Waals surface area contributed by atoms with E-state index >= 15 is 0 Å². The lowest BCUT2D eigenvalue weighted by molar-refractivity contribution is 0.809. The van der Waals surface area contributed by atoms with E-state index in [9.17, 15) is 0 Å². The Morgan fingerprint density at radius 2 is 1.10 bits per heavy atom. The third kappa shape index (κ3) is 3.32. The summed E-state index contributed by atoms with van der Waals surface area (Å²) in [5, 5.41) is 0. The van der Waals surface area contributed by atoms with Crippen LogP contribution in [0.4, 0.5) is 11.4 Å². The lowest BCUT2D eigenvalue weighted by Gasteiger charge is -2.37. The zero-order valence-electron chi connectivity index (χ0n) is 10.8. The normalized spacial score (nSPS) is 15.5. The summed E-state index contributed by atoms with van der Waals surface area (Å²) >= 11 is 8.91. The third-order valence-electron chi connectivity index (χ3n) is 3.22. The van der Waals surface area contributed by atoms with Crippen LogP contribution in [0.15, 0.2) is 57.5 Å². The van der Waals surface area contributed by atoms with Gasteiger partial charge >= 0.3 is 0 Å². The molecule has 2 aromatic carbocycles. The molecule has 0 bridgehead atoms. The van der Waals surface area contributed by atoms with Crippen molar-refractivity contribution < 1.29 is 0 Å². The molecule has 0 amide bonds. The Balaban J connectivity index is 1.76. The van der Waals surface area contributed by atoms with Crippen LogP contribution in [0.1, 0.15) is 0 Å². The van der Waals surface area contributed by atoms with Gasteiger partial charge in [0, 0.05) is 20.3 Å². The largest absolute Gasteiger partial charge is 0.344 e. The lowest BCUT2D eigenvalue weighted by Crippen LogP contribution is -2.42. The molecule has 3 rings (SSSR count). The van der Waals surface area contributed by atoms with Gasteiger partial charge in [0.25, 0.3) is 0 Å². The van der Waals surface area contributed by atoms with Crippen molar-refractivity contribution in [2.75, 3.05) is 28.2 Å². The first kappa shape index (κ1) is 14.3. The maximum atomic E-state index is 3.49. The van der Waals surface area contributed by atoms with E-state index < -0.39 is 0 Å². The van der Waals surface area contributed by atoms with Crippen LogP contribution in [0.2, 0.25) is 0 Å².